The van der Waals surface area contributed by atoms with E-state index >= 15 is 0 Å². The number of carbonyl (C=O) groups is 2. The smallest absolute Gasteiger partial charge is 0.306 e. The van der Waals surface area contributed by atoms with E-state index in [2.05, 4.69) is 19.9 Å². The number of phosphoric ester groups is 1. The summed E-state index contributed by atoms with van der Waals surface area (Å²) in [5.74, 6) is -0.935. The number of nitrogens with zero attached hydrogens (tertiary/aromatic N) is 1. The van der Waals surface area contributed by atoms with Crippen LogP contribution in [-0.4, -0.2) is 81.2 Å². The Morgan fingerprint density at radius 1 is 0.627 bits per heavy atom. The van der Waals surface area contributed by atoms with E-state index in [1.54, 1.807) is 6.08 Å². The highest BCUT2D eigenvalue weighted by Gasteiger charge is 2.21. The highest BCUT2D eigenvalue weighted by molar-refractivity contribution is 7.45. The number of allylic oxidation sites excluding steroid dienone is 6. The molecule has 0 bridgehead atoms. The van der Waals surface area contributed by atoms with Gasteiger partial charge in [-0.1, -0.05) is 178 Å². The standard InChI is InChI=1S/C48H88NO9P/c1-6-8-10-12-14-15-16-17-18-19-20-21-22-23-28-32-36-40-48(52)58-46(44-57-59(53,54)56-42-41-49(3,4)5)43-55-47(51)39-35-31-27-25-24-26-30-34-38-45(50)37-33-29-13-11-9-7-2/h25-27,29-30,33-34,38,45-46,50H,6-24,28,31-32,35-37,39-44H2,1-5H3/b27-25-,30-26-,33-29-,38-34+/t45-,46-/m1/s1. The van der Waals surface area contributed by atoms with Gasteiger partial charge in [-0.05, 0) is 44.9 Å². The second-order valence-electron chi connectivity index (χ2n) is 17.0. The van der Waals surface area contributed by atoms with Gasteiger partial charge in [0, 0.05) is 12.8 Å². The zero-order chi connectivity index (χ0) is 43.7. The first-order valence-electron chi connectivity index (χ1n) is 23.5. The lowest BCUT2D eigenvalue weighted by Crippen LogP contribution is -2.37. The zero-order valence-electron chi connectivity index (χ0n) is 38.3. The summed E-state index contributed by atoms with van der Waals surface area (Å²) in [5.41, 5.74) is 0. The summed E-state index contributed by atoms with van der Waals surface area (Å²) in [7, 11) is 1.10. The number of likely N-dealkylation sites (N-methyl/N-ethyl adjacent to an activating group) is 1. The van der Waals surface area contributed by atoms with Crippen LogP contribution in [0.25, 0.3) is 0 Å². The average Bonchev–Trinajstić information content (AvgIpc) is 3.18. The Morgan fingerprint density at radius 3 is 1.75 bits per heavy atom. The molecule has 3 atom stereocenters. The SMILES string of the molecule is CCCCC/C=C\C[C@@H](O)/C=C/C=C\C/C=C\CCCC(=O)OC[C@H](COP(=O)([O-])OCC[N+](C)(C)C)OC(=O)CCCCCCCCCCCCCCCCCCC. The van der Waals surface area contributed by atoms with E-state index in [4.69, 9.17) is 18.5 Å². The van der Waals surface area contributed by atoms with Gasteiger partial charge in [0.25, 0.3) is 7.82 Å². The number of rotatable bonds is 42. The maximum absolute atomic E-state index is 12.7. The fraction of sp³-hybridized carbons (Fsp3) is 0.792. The molecule has 59 heavy (non-hydrogen) atoms. The van der Waals surface area contributed by atoms with Gasteiger partial charge in [-0.3, -0.25) is 14.2 Å². The molecular formula is C48H88NO9P. The molecule has 0 aliphatic heterocycles. The van der Waals surface area contributed by atoms with Crippen LogP contribution in [0.5, 0.6) is 0 Å². The minimum atomic E-state index is -4.65. The van der Waals surface area contributed by atoms with E-state index in [1.165, 1.54) is 103 Å². The summed E-state index contributed by atoms with van der Waals surface area (Å²) in [4.78, 5) is 37.6. The van der Waals surface area contributed by atoms with Gasteiger partial charge in [0.15, 0.2) is 6.10 Å². The van der Waals surface area contributed by atoms with Crippen molar-refractivity contribution in [2.45, 2.75) is 199 Å². The molecule has 0 aliphatic carbocycles. The molecule has 0 saturated heterocycles. The molecule has 0 aromatic carbocycles. The number of aliphatic hydroxyl groups is 1. The van der Waals surface area contributed by atoms with E-state index in [0.717, 1.165) is 32.1 Å². The van der Waals surface area contributed by atoms with E-state index in [-0.39, 0.29) is 26.1 Å². The third-order valence-corrected chi connectivity index (χ3v) is 10.9. The molecule has 0 aromatic rings. The van der Waals surface area contributed by atoms with E-state index in [0.29, 0.717) is 36.7 Å². The quantitative estimate of drug-likeness (QED) is 0.0159. The average molecular weight is 854 g/mol. The van der Waals surface area contributed by atoms with Crippen LogP contribution in [0.3, 0.4) is 0 Å². The van der Waals surface area contributed by atoms with E-state index < -0.39 is 38.6 Å². The summed E-state index contributed by atoms with van der Waals surface area (Å²) < 4.78 is 33.8. The number of unbranched alkanes of at least 4 members (excludes halogenated alkanes) is 20. The van der Waals surface area contributed by atoms with Gasteiger partial charge in [0.2, 0.25) is 0 Å². The van der Waals surface area contributed by atoms with Crippen LogP contribution in [0.2, 0.25) is 0 Å². The molecule has 1 unspecified atom stereocenters. The van der Waals surface area contributed by atoms with Crippen LogP contribution in [0.1, 0.15) is 187 Å². The monoisotopic (exact) mass is 854 g/mol. The number of hydrogen-bond acceptors (Lipinski definition) is 9. The molecule has 0 fully saturated rings. The van der Waals surface area contributed by atoms with Crippen molar-refractivity contribution in [1.29, 1.82) is 0 Å². The first kappa shape index (κ1) is 56.9. The Balaban J connectivity index is 4.46. The number of carbonyl (C=O) groups excluding carboxylic acids is 2. The zero-order valence-corrected chi connectivity index (χ0v) is 39.2. The number of hydrogen-bond donors (Lipinski definition) is 1. The Kier molecular flexibility index (Phi) is 38.6. The lowest BCUT2D eigenvalue weighted by molar-refractivity contribution is -0.870. The largest absolute Gasteiger partial charge is 0.756 e. The molecule has 0 aromatic heterocycles. The van der Waals surface area contributed by atoms with E-state index in [1.807, 2.05) is 57.6 Å². The third-order valence-electron chi connectivity index (χ3n) is 9.93. The molecule has 0 aliphatic rings. The summed E-state index contributed by atoms with van der Waals surface area (Å²) in [5, 5.41) is 10.0. The fourth-order valence-electron chi connectivity index (χ4n) is 6.20. The minimum Gasteiger partial charge on any atom is -0.756 e. The van der Waals surface area contributed by atoms with Crippen LogP contribution >= 0.6 is 7.82 Å². The van der Waals surface area contributed by atoms with Gasteiger partial charge in [0.1, 0.15) is 19.8 Å². The molecule has 0 spiro atoms. The Morgan fingerprint density at radius 2 is 1.15 bits per heavy atom. The number of phosphoric acid groups is 1. The molecule has 344 valence electrons. The van der Waals surface area contributed by atoms with Gasteiger partial charge in [0.05, 0.1) is 33.9 Å². The molecule has 0 amide bonds. The van der Waals surface area contributed by atoms with Crippen molar-refractivity contribution >= 4 is 19.8 Å². The third kappa shape index (κ3) is 43.8. The highest BCUT2D eigenvalue weighted by atomic mass is 31.2. The molecule has 11 heteroatoms. The topological polar surface area (TPSA) is 131 Å². The highest BCUT2D eigenvalue weighted by Crippen LogP contribution is 2.38. The number of ether oxygens (including phenoxy) is 2. The van der Waals surface area contributed by atoms with Crippen LogP contribution in [-0.2, 0) is 32.7 Å². The molecule has 1 N–H and O–H groups in total. The fourth-order valence-corrected chi connectivity index (χ4v) is 6.93. The first-order valence-corrected chi connectivity index (χ1v) is 24.9. The summed E-state index contributed by atoms with van der Waals surface area (Å²) in [6.07, 6.45) is 43.1. The molecule has 10 nitrogen and oxygen atoms in total. The van der Waals surface area contributed by atoms with Gasteiger partial charge >= 0.3 is 11.9 Å². The van der Waals surface area contributed by atoms with Gasteiger partial charge < -0.3 is 33.0 Å². The molecular weight excluding hydrogens is 765 g/mol. The van der Waals surface area contributed by atoms with Gasteiger partial charge in [-0.25, -0.2) is 0 Å². The summed E-state index contributed by atoms with van der Waals surface area (Å²) in [6.45, 7) is 4.06. The van der Waals surface area contributed by atoms with Crippen molar-refractivity contribution in [3.05, 3.63) is 48.6 Å². The van der Waals surface area contributed by atoms with E-state index in [9.17, 15) is 24.2 Å². The predicted octanol–water partition coefficient (Wildman–Crippen LogP) is 11.8. The van der Waals surface area contributed by atoms with Crippen LogP contribution in [0.15, 0.2) is 48.6 Å². The number of esters is 2. The van der Waals surface area contributed by atoms with Crippen molar-refractivity contribution in [3.8, 4) is 0 Å². The summed E-state index contributed by atoms with van der Waals surface area (Å²) in [6, 6.07) is 0. The Hall–Kier alpha value is -2.07. The number of aliphatic hydroxyl groups excluding tert-OH is 1. The van der Waals surface area contributed by atoms with Crippen molar-refractivity contribution in [2.24, 2.45) is 0 Å². The maximum Gasteiger partial charge on any atom is 0.306 e. The van der Waals surface area contributed by atoms with Gasteiger partial charge in [-0.2, -0.15) is 0 Å². The van der Waals surface area contributed by atoms with Crippen LogP contribution < -0.4 is 4.89 Å². The van der Waals surface area contributed by atoms with Crippen molar-refractivity contribution in [2.75, 3.05) is 47.5 Å². The molecule has 0 saturated carbocycles. The van der Waals surface area contributed by atoms with Crippen molar-refractivity contribution in [3.63, 3.8) is 0 Å². The van der Waals surface area contributed by atoms with Crippen LogP contribution in [0, 0.1) is 0 Å². The molecule has 0 heterocycles. The second kappa shape index (κ2) is 40.0. The van der Waals surface area contributed by atoms with Crippen molar-refractivity contribution < 1.29 is 47.2 Å². The normalized spacial score (nSPS) is 14.5. The Bertz CT molecular complexity index is 1160. The molecule has 0 rings (SSSR count). The minimum absolute atomic E-state index is 0.0493. The lowest BCUT2D eigenvalue weighted by atomic mass is 10.0. The van der Waals surface area contributed by atoms with Crippen molar-refractivity contribution in [1.82, 2.24) is 0 Å². The first-order chi connectivity index (χ1) is 28.4. The second-order valence-corrected chi connectivity index (χ2v) is 18.4. The van der Waals surface area contributed by atoms with Crippen LogP contribution in [0.4, 0.5) is 0 Å². The Labute approximate surface area is 361 Å². The maximum atomic E-state index is 12.7. The molecule has 0 radical (unpaired) electrons. The lowest BCUT2D eigenvalue weighted by Gasteiger charge is -2.28. The predicted molar refractivity (Wildman–Crippen MR) is 242 cm³/mol. The number of quaternary nitrogens is 1. The summed E-state index contributed by atoms with van der Waals surface area (Å²) >= 11 is 0. The van der Waals surface area contributed by atoms with Gasteiger partial charge in [-0.15, -0.1) is 0 Å².